The van der Waals surface area contributed by atoms with E-state index in [1.165, 1.54) is 0 Å². The summed E-state index contributed by atoms with van der Waals surface area (Å²) in [5.41, 5.74) is 1.75. The first-order chi connectivity index (χ1) is 14.3. The van der Waals surface area contributed by atoms with E-state index in [-0.39, 0.29) is 5.56 Å². The Hall–Kier alpha value is -3.55. The van der Waals surface area contributed by atoms with Gasteiger partial charge >= 0.3 is 0 Å². The summed E-state index contributed by atoms with van der Waals surface area (Å²) in [5.74, 6) is 1.97. The minimum atomic E-state index is -0.0799. The van der Waals surface area contributed by atoms with Gasteiger partial charge in [-0.25, -0.2) is 14.3 Å². The average Bonchev–Trinajstić information content (AvgIpc) is 3.30. The molecule has 1 fully saturated rings. The van der Waals surface area contributed by atoms with Gasteiger partial charge in [0.15, 0.2) is 5.82 Å². The van der Waals surface area contributed by atoms with Crippen LogP contribution in [0, 0.1) is 5.92 Å². The van der Waals surface area contributed by atoms with Gasteiger partial charge in [0.2, 0.25) is 0 Å². The van der Waals surface area contributed by atoms with Crippen LogP contribution in [0.3, 0.4) is 0 Å². The van der Waals surface area contributed by atoms with Gasteiger partial charge in [0, 0.05) is 38.1 Å². The molecule has 0 radical (unpaired) electrons. The fourth-order valence-electron chi connectivity index (χ4n) is 3.78. The van der Waals surface area contributed by atoms with Gasteiger partial charge in [0.1, 0.15) is 5.82 Å². The Morgan fingerprint density at radius 1 is 0.966 bits per heavy atom. The maximum absolute atomic E-state index is 12.3. The van der Waals surface area contributed by atoms with Crippen LogP contribution in [0.4, 0.5) is 5.82 Å². The van der Waals surface area contributed by atoms with E-state index in [9.17, 15) is 4.79 Å². The van der Waals surface area contributed by atoms with Gasteiger partial charge in [-0.3, -0.25) is 9.78 Å². The van der Waals surface area contributed by atoms with Crippen molar-refractivity contribution in [2.24, 2.45) is 5.92 Å². The predicted octanol–water partition coefficient (Wildman–Crippen LogP) is 2.29. The Labute approximate surface area is 167 Å². The zero-order chi connectivity index (χ0) is 19.6. The topological polar surface area (TPSA) is 81.7 Å². The third-order valence-corrected chi connectivity index (χ3v) is 5.40. The van der Waals surface area contributed by atoms with Crippen molar-refractivity contribution in [3.05, 3.63) is 71.4 Å². The highest BCUT2D eigenvalue weighted by atomic mass is 16.1. The standard InChI is InChI=1S/C21H21N7O/c29-21-7-6-19(27-11-3-10-23-27)25-28(21)15-16-8-12-26(13-9-16)20-14-22-17-4-1-2-5-18(17)24-20/h1-7,10-11,14,16H,8-9,12-13,15H2. The van der Waals surface area contributed by atoms with E-state index in [4.69, 9.17) is 4.98 Å². The summed E-state index contributed by atoms with van der Waals surface area (Å²) in [7, 11) is 0. The molecule has 146 valence electrons. The molecule has 0 atom stereocenters. The molecule has 0 unspecified atom stereocenters. The van der Waals surface area contributed by atoms with E-state index in [0.717, 1.165) is 42.8 Å². The van der Waals surface area contributed by atoms with Crippen LogP contribution in [-0.2, 0) is 6.54 Å². The van der Waals surface area contributed by atoms with Crippen molar-refractivity contribution in [2.45, 2.75) is 19.4 Å². The third-order valence-electron chi connectivity index (χ3n) is 5.40. The van der Waals surface area contributed by atoms with Crippen molar-refractivity contribution in [3.63, 3.8) is 0 Å². The lowest BCUT2D eigenvalue weighted by Gasteiger charge is -2.32. The van der Waals surface area contributed by atoms with Crippen molar-refractivity contribution < 1.29 is 0 Å². The lowest BCUT2D eigenvalue weighted by atomic mass is 9.97. The fraction of sp³-hybridized carbons (Fsp3) is 0.286. The molecule has 4 aromatic rings. The van der Waals surface area contributed by atoms with E-state index >= 15 is 0 Å². The summed E-state index contributed by atoms with van der Waals surface area (Å²) < 4.78 is 3.23. The van der Waals surface area contributed by atoms with Gasteiger partial charge in [-0.2, -0.15) is 5.10 Å². The Morgan fingerprint density at radius 2 is 1.79 bits per heavy atom. The molecule has 1 aliphatic heterocycles. The molecule has 1 aromatic carbocycles. The number of rotatable bonds is 4. The van der Waals surface area contributed by atoms with E-state index in [0.29, 0.717) is 18.3 Å². The van der Waals surface area contributed by atoms with Crippen LogP contribution in [0.25, 0.3) is 16.9 Å². The molecule has 0 saturated carbocycles. The van der Waals surface area contributed by atoms with Crippen LogP contribution in [-0.4, -0.2) is 42.6 Å². The molecule has 0 spiro atoms. The number of para-hydroxylation sites is 2. The number of benzene rings is 1. The smallest absolute Gasteiger partial charge is 0.266 e. The first-order valence-corrected chi connectivity index (χ1v) is 9.81. The van der Waals surface area contributed by atoms with Crippen LogP contribution >= 0.6 is 0 Å². The van der Waals surface area contributed by atoms with Crippen LogP contribution in [0.15, 0.2) is 65.8 Å². The maximum atomic E-state index is 12.3. The Bertz CT molecular complexity index is 1180. The van der Waals surface area contributed by atoms with Gasteiger partial charge in [-0.05, 0) is 43.0 Å². The zero-order valence-electron chi connectivity index (χ0n) is 15.9. The predicted molar refractivity (Wildman–Crippen MR) is 110 cm³/mol. The van der Waals surface area contributed by atoms with Crippen LogP contribution < -0.4 is 10.5 Å². The van der Waals surface area contributed by atoms with Gasteiger partial charge in [-0.1, -0.05) is 12.1 Å². The molecule has 0 amide bonds. The quantitative estimate of drug-likeness (QED) is 0.534. The van der Waals surface area contributed by atoms with Crippen LogP contribution in [0.5, 0.6) is 0 Å². The second kappa shape index (κ2) is 7.46. The molecule has 0 bridgehead atoms. The summed E-state index contributed by atoms with van der Waals surface area (Å²) >= 11 is 0. The number of hydrogen-bond donors (Lipinski definition) is 0. The third kappa shape index (κ3) is 3.61. The highest BCUT2D eigenvalue weighted by molar-refractivity contribution is 5.75. The summed E-state index contributed by atoms with van der Waals surface area (Å²) in [5, 5.41) is 8.68. The number of aromatic nitrogens is 6. The molecule has 1 aliphatic rings. The van der Waals surface area contributed by atoms with Gasteiger partial charge < -0.3 is 4.90 Å². The molecule has 4 heterocycles. The minimum absolute atomic E-state index is 0.0799. The van der Waals surface area contributed by atoms with Crippen molar-refractivity contribution >= 4 is 16.9 Å². The van der Waals surface area contributed by atoms with Crippen molar-refractivity contribution in [2.75, 3.05) is 18.0 Å². The average molecular weight is 387 g/mol. The zero-order valence-corrected chi connectivity index (χ0v) is 15.9. The number of anilines is 1. The first-order valence-electron chi connectivity index (χ1n) is 9.81. The monoisotopic (exact) mass is 387 g/mol. The Kier molecular flexibility index (Phi) is 4.51. The molecular formula is C21H21N7O. The fourth-order valence-corrected chi connectivity index (χ4v) is 3.78. The molecule has 8 heteroatoms. The number of piperidine rings is 1. The van der Waals surface area contributed by atoms with E-state index in [2.05, 4.69) is 20.1 Å². The molecule has 5 rings (SSSR count). The number of hydrogen-bond acceptors (Lipinski definition) is 6. The van der Waals surface area contributed by atoms with E-state index < -0.39 is 0 Å². The largest absolute Gasteiger partial charge is 0.355 e. The highest BCUT2D eigenvalue weighted by Crippen LogP contribution is 2.23. The lowest BCUT2D eigenvalue weighted by Crippen LogP contribution is -2.37. The van der Waals surface area contributed by atoms with E-state index in [1.807, 2.05) is 42.7 Å². The molecule has 3 aromatic heterocycles. The second-order valence-corrected chi connectivity index (χ2v) is 7.31. The number of nitrogens with zero attached hydrogens (tertiary/aromatic N) is 7. The van der Waals surface area contributed by atoms with Gasteiger partial charge in [0.25, 0.3) is 5.56 Å². The molecule has 29 heavy (non-hydrogen) atoms. The normalized spacial score (nSPS) is 15.1. The molecular weight excluding hydrogens is 366 g/mol. The van der Waals surface area contributed by atoms with Crippen molar-refractivity contribution in [1.29, 1.82) is 0 Å². The minimum Gasteiger partial charge on any atom is -0.355 e. The Morgan fingerprint density at radius 3 is 2.59 bits per heavy atom. The second-order valence-electron chi connectivity index (χ2n) is 7.31. The molecule has 0 aliphatic carbocycles. The molecule has 1 saturated heterocycles. The SMILES string of the molecule is O=c1ccc(-n2cccn2)nn1CC1CCN(c2cnc3ccccc3n2)CC1. The summed E-state index contributed by atoms with van der Waals surface area (Å²) in [6.07, 6.45) is 7.33. The Balaban J connectivity index is 1.27. The van der Waals surface area contributed by atoms with Crippen molar-refractivity contribution in [3.8, 4) is 5.82 Å². The maximum Gasteiger partial charge on any atom is 0.266 e. The highest BCUT2D eigenvalue weighted by Gasteiger charge is 2.22. The van der Waals surface area contributed by atoms with Gasteiger partial charge in [0.05, 0.1) is 17.2 Å². The summed E-state index contributed by atoms with van der Waals surface area (Å²) in [6, 6.07) is 13.0. The van der Waals surface area contributed by atoms with E-state index in [1.54, 1.807) is 27.7 Å². The molecule has 8 nitrogen and oxygen atoms in total. The lowest BCUT2D eigenvalue weighted by molar-refractivity contribution is 0.333. The van der Waals surface area contributed by atoms with Crippen molar-refractivity contribution in [1.82, 2.24) is 29.5 Å². The van der Waals surface area contributed by atoms with Crippen LogP contribution in [0.2, 0.25) is 0 Å². The summed E-state index contributed by atoms with van der Waals surface area (Å²) in [6.45, 7) is 2.40. The summed E-state index contributed by atoms with van der Waals surface area (Å²) in [4.78, 5) is 23.8. The molecule has 0 N–H and O–H groups in total. The van der Waals surface area contributed by atoms with Gasteiger partial charge in [-0.15, -0.1) is 5.10 Å². The number of fused-ring (bicyclic) bond motifs is 1. The first kappa shape index (κ1) is 17.5. The van der Waals surface area contributed by atoms with Crippen LogP contribution in [0.1, 0.15) is 12.8 Å².